The van der Waals surface area contributed by atoms with Crippen LogP contribution in [0.5, 0.6) is 0 Å². The molecule has 3 atom stereocenters. The first-order valence-corrected chi connectivity index (χ1v) is 4.65. The molecule has 2 nitrogen and oxygen atoms in total. The van der Waals surface area contributed by atoms with E-state index in [2.05, 4.69) is 20.8 Å². The number of fused-ring (bicyclic) bond motifs is 2. The lowest BCUT2D eigenvalue weighted by molar-refractivity contribution is 0.0339. The van der Waals surface area contributed by atoms with Gasteiger partial charge in [0.05, 0.1) is 6.10 Å². The van der Waals surface area contributed by atoms with Gasteiger partial charge in [-0.3, -0.25) is 0 Å². The highest BCUT2D eigenvalue weighted by Crippen LogP contribution is 2.68. The van der Waals surface area contributed by atoms with Gasteiger partial charge < -0.3 is 10.2 Å². The first-order chi connectivity index (χ1) is 5.41. The highest BCUT2D eigenvalue weighted by Gasteiger charge is 2.66. The smallest absolute Gasteiger partial charge is 0.128 e. The molecule has 0 heterocycles. The maximum atomic E-state index is 9.75. The van der Waals surface area contributed by atoms with Crippen LogP contribution in [0, 0.1) is 22.9 Å². The molecule has 2 aliphatic rings. The molecule has 3 unspecified atom stereocenters. The molecule has 2 fully saturated rings. The van der Waals surface area contributed by atoms with Crippen LogP contribution in [-0.4, -0.2) is 16.3 Å². The Labute approximate surface area is 73.6 Å². The number of aliphatic hydroxyl groups excluding tert-OH is 2. The fourth-order valence-electron chi connectivity index (χ4n) is 3.06. The summed E-state index contributed by atoms with van der Waals surface area (Å²) >= 11 is 0. The quantitative estimate of drug-likeness (QED) is 0.579. The summed E-state index contributed by atoms with van der Waals surface area (Å²) in [6.45, 7) is 6.37. The Balaban J connectivity index is 2.44. The molecule has 0 aromatic heterocycles. The topological polar surface area (TPSA) is 40.5 Å². The van der Waals surface area contributed by atoms with Crippen LogP contribution in [0.15, 0.2) is 0 Å². The van der Waals surface area contributed by atoms with E-state index in [0.717, 1.165) is 12.8 Å². The summed E-state index contributed by atoms with van der Waals surface area (Å²) in [5.74, 6) is 0.266. The van der Waals surface area contributed by atoms with Crippen LogP contribution >= 0.6 is 0 Å². The predicted octanol–water partition coefficient (Wildman–Crippen LogP) is 1.71. The number of hydrogen-bond acceptors (Lipinski definition) is 2. The standard InChI is InChI=1S/C10H17O2/c1-9(2)6-4-5-10(9,3)8(12)7(6)11/h6-7,11-12H,4-5H2,1-3H3. The van der Waals surface area contributed by atoms with Crippen LogP contribution in [0.25, 0.3) is 0 Å². The molecule has 2 N–H and O–H groups in total. The summed E-state index contributed by atoms with van der Waals surface area (Å²) in [6, 6.07) is 0. The molecule has 0 aliphatic heterocycles. The largest absolute Gasteiger partial charge is 0.390 e. The fraction of sp³-hybridized carbons (Fsp3) is 0.900. The Morgan fingerprint density at radius 2 is 1.92 bits per heavy atom. The van der Waals surface area contributed by atoms with Crippen molar-refractivity contribution in [2.75, 3.05) is 0 Å². The third-order valence-electron chi connectivity index (χ3n) is 4.53. The van der Waals surface area contributed by atoms with Crippen LogP contribution in [-0.2, 0) is 0 Å². The van der Waals surface area contributed by atoms with Crippen molar-refractivity contribution in [2.45, 2.75) is 39.7 Å². The molecule has 0 aromatic carbocycles. The zero-order valence-corrected chi connectivity index (χ0v) is 7.96. The minimum Gasteiger partial charge on any atom is -0.390 e. The molecule has 0 saturated heterocycles. The average molecular weight is 169 g/mol. The van der Waals surface area contributed by atoms with Crippen molar-refractivity contribution >= 4 is 0 Å². The molecule has 0 spiro atoms. The number of rotatable bonds is 0. The highest BCUT2D eigenvalue weighted by atomic mass is 16.3. The number of hydrogen-bond donors (Lipinski definition) is 2. The molecule has 69 valence electrons. The SMILES string of the molecule is CC12CCC(C(O)[C]1O)C2(C)C. The summed E-state index contributed by atoms with van der Waals surface area (Å²) in [4.78, 5) is 0. The molecule has 1 radical (unpaired) electrons. The van der Waals surface area contributed by atoms with Crippen LogP contribution in [0.3, 0.4) is 0 Å². The minimum absolute atomic E-state index is 0.0660. The Hall–Kier alpha value is -0.0800. The zero-order valence-electron chi connectivity index (χ0n) is 7.96. The molecule has 2 saturated carbocycles. The van der Waals surface area contributed by atoms with Gasteiger partial charge in [-0.15, -0.1) is 0 Å². The van der Waals surface area contributed by atoms with E-state index >= 15 is 0 Å². The molecule has 12 heavy (non-hydrogen) atoms. The van der Waals surface area contributed by atoms with E-state index in [4.69, 9.17) is 0 Å². The van der Waals surface area contributed by atoms with E-state index in [1.165, 1.54) is 0 Å². The van der Waals surface area contributed by atoms with Crippen molar-refractivity contribution in [3.05, 3.63) is 6.10 Å². The van der Waals surface area contributed by atoms with E-state index in [1.807, 2.05) is 0 Å². The lowest BCUT2D eigenvalue weighted by atomic mass is 9.70. The van der Waals surface area contributed by atoms with Gasteiger partial charge in [0.2, 0.25) is 0 Å². The van der Waals surface area contributed by atoms with Gasteiger partial charge in [-0.1, -0.05) is 20.8 Å². The van der Waals surface area contributed by atoms with Crippen molar-refractivity contribution in [3.63, 3.8) is 0 Å². The van der Waals surface area contributed by atoms with Gasteiger partial charge in [0.15, 0.2) is 0 Å². The van der Waals surface area contributed by atoms with E-state index in [1.54, 1.807) is 0 Å². The van der Waals surface area contributed by atoms with Gasteiger partial charge >= 0.3 is 0 Å². The second-order valence-corrected chi connectivity index (χ2v) is 5.03. The molecule has 2 rings (SSSR count). The van der Waals surface area contributed by atoms with Gasteiger partial charge in [-0.25, -0.2) is 0 Å². The van der Waals surface area contributed by atoms with Gasteiger partial charge in [-0.2, -0.15) is 0 Å². The van der Waals surface area contributed by atoms with Crippen LogP contribution in [0.1, 0.15) is 33.6 Å². The van der Waals surface area contributed by atoms with Crippen molar-refractivity contribution in [2.24, 2.45) is 16.7 Å². The van der Waals surface area contributed by atoms with Crippen LogP contribution in [0.2, 0.25) is 0 Å². The lowest BCUT2D eigenvalue weighted by Gasteiger charge is -2.35. The molecule has 0 aromatic rings. The van der Waals surface area contributed by atoms with Crippen molar-refractivity contribution in [3.8, 4) is 0 Å². The third-order valence-corrected chi connectivity index (χ3v) is 4.53. The van der Waals surface area contributed by atoms with Gasteiger partial charge in [-0.05, 0) is 24.2 Å². The maximum absolute atomic E-state index is 9.75. The van der Waals surface area contributed by atoms with E-state index in [0.29, 0.717) is 6.10 Å². The Morgan fingerprint density at radius 1 is 1.33 bits per heavy atom. The van der Waals surface area contributed by atoms with E-state index < -0.39 is 6.10 Å². The third kappa shape index (κ3) is 0.647. The summed E-state index contributed by atoms with van der Waals surface area (Å²) in [7, 11) is 0. The monoisotopic (exact) mass is 169 g/mol. The van der Waals surface area contributed by atoms with E-state index in [9.17, 15) is 10.2 Å². The molecule has 2 heteroatoms. The minimum atomic E-state index is -0.571. The summed E-state index contributed by atoms with van der Waals surface area (Å²) in [5, 5.41) is 19.5. The molecule has 2 aliphatic carbocycles. The summed E-state index contributed by atoms with van der Waals surface area (Å²) in [6.07, 6.45) is 1.82. The van der Waals surface area contributed by atoms with E-state index in [-0.39, 0.29) is 16.7 Å². The lowest BCUT2D eigenvalue weighted by Crippen LogP contribution is -2.32. The number of aliphatic hydroxyl groups is 2. The second kappa shape index (κ2) is 2.05. The van der Waals surface area contributed by atoms with Crippen LogP contribution < -0.4 is 0 Å². The van der Waals surface area contributed by atoms with Gasteiger partial charge in [0.25, 0.3) is 0 Å². The average Bonchev–Trinajstić information content (AvgIpc) is 2.26. The molecule has 2 bridgehead atoms. The highest BCUT2D eigenvalue weighted by molar-refractivity contribution is 5.23. The fourth-order valence-corrected chi connectivity index (χ4v) is 3.06. The molecular weight excluding hydrogens is 152 g/mol. The molecule has 0 amide bonds. The maximum Gasteiger partial charge on any atom is 0.128 e. The normalized spacial score (nSPS) is 51.8. The Kier molecular flexibility index (Phi) is 1.45. The second-order valence-electron chi connectivity index (χ2n) is 5.03. The van der Waals surface area contributed by atoms with Crippen LogP contribution in [0.4, 0.5) is 0 Å². The molecular formula is C10H17O2. The van der Waals surface area contributed by atoms with Crippen molar-refractivity contribution < 1.29 is 10.2 Å². The first kappa shape index (κ1) is 8.52. The Morgan fingerprint density at radius 3 is 2.17 bits per heavy atom. The zero-order chi connectivity index (χ0) is 9.15. The van der Waals surface area contributed by atoms with Gasteiger partial charge in [0, 0.05) is 5.41 Å². The van der Waals surface area contributed by atoms with Crippen molar-refractivity contribution in [1.82, 2.24) is 0 Å². The van der Waals surface area contributed by atoms with Gasteiger partial charge in [0.1, 0.15) is 6.10 Å². The predicted molar refractivity (Wildman–Crippen MR) is 45.8 cm³/mol. The first-order valence-electron chi connectivity index (χ1n) is 4.65. The summed E-state index contributed by atoms with van der Waals surface area (Å²) < 4.78 is 0. The summed E-state index contributed by atoms with van der Waals surface area (Å²) in [5.41, 5.74) is -0.0758. The van der Waals surface area contributed by atoms with Crippen molar-refractivity contribution in [1.29, 1.82) is 0 Å². The Bertz CT molecular complexity index is 212.